The van der Waals surface area contributed by atoms with Gasteiger partial charge in [0.05, 0.1) is 24.7 Å². The van der Waals surface area contributed by atoms with Crippen molar-refractivity contribution in [1.82, 2.24) is 0 Å². The first-order chi connectivity index (χ1) is 14.5. The predicted octanol–water partition coefficient (Wildman–Crippen LogP) is 3.93. The lowest BCUT2D eigenvalue weighted by Crippen LogP contribution is -2.24. The fourth-order valence-corrected chi connectivity index (χ4v) is 4.76. The maximum absolute atomic E-state index is 12.7. The van der Waals surface area contributed by atoms with E-state index in [2.05, 4.69) is 5.32 Å². The molecule has 0 saturated carbocycles. The van der Waals surface area contributed by atoms with E-state index in [1.807, 2.05) is 18.2 Å². The summed E-state index contributed by atoms with van der Waals surface area (Å²) in [6.45, 7) is 3.73. The molecule has 0 fully saturated rings. The van der Waals surface area contributed by atoms with E-state index in [1.54, 1.807) is 26.0 Å². The van der Waals surface area contributed by atoms with Gasteiger partial charge in [-0.15, -0.1) is 11.3 Å². The number of anilines is 1. The van der Waals surface area contributed by atoms with Crippen LogP contribution in [-0.4, -0.2) is 37.7 Å². The second-order valence-corrected chi connectivity index (χ2v) is 7.82. The van der Waals surface area contributed by atoms with Gasteiger partial charge in [0.25, 0.3) is 5.91 Å². The van der Waals surface area contributed by atoms with Crippen LogP contribution in [0.2, 0.25) is 0 Å². The molecule has 1 atom stereocenters. The zero-order valence-electron chi connectivity index (χ0n) is 17.1. The number of esters is 2. The van der Waals surface area contributed by atoms with Gasteiger partial charge in [-0.05, 0) is 50.8 Å². The van der Waals surface area contributed by atoms with E-state index in [-0.39, 0.29) is 31.4 Å². The van der Waals surface area contributed by atoms with Gasteiger partial charge in [-0.2, -0.15) is 0 Å². The zero-order chi connectivity index (χ0) is 21.5. The van der Waals surface area contributed by atoms with Crippen molar-refractivity contribution in [3.63, 3.8) is 0 Å². The van der Waals surface area contributed by atoms with Gasteiger partial charge in [-0.3, -0.25) is 9.59 Å². The van der Waals surface area contributed by atoms with E-state index in [1.165, 1.54) is 11.3 Å². The fourth-order valence-electron chi connectivity index (χ4n) is 3.46. The number of aryl methyl sites for hydroxylation is 1. The van der Waals surface area contributed by atoms with Crippen LogP contribution in [0.15, 0.2) is 30.3 Å². The number of hydrogen-bond donors (Lipinski definition) is 1. The Bertz CT molecular complexity index is 908. The Labute approximate surface area is 179 Å². The minimum absolute atomic E-state index is 0.192. The maximum atomic E-state index is 12.7. The molecule has 2 aromatic rings. The summed E-state index contributed by atoms with van der Waals surface area (Å²) in [5.41, 5.74) is 0.880. The summed E-state index contributed by atoms with van der Waals surface area (Å²) in [5.74, 6) is -1.25. The zero-order valence-corrected chi connectivity index (χ0v) is 17.9. The van der Waals surface area contributed by atoms with Crippen LogP contribution in [0.3, 0.4) is 0 Å². The van der Waals surface area contributed by atoms with Gasteiger partial charge in [0.15, 0.2) is 6.61 Å². The molecule has 1 amide bonds. The number of benzene rings is 1. The molecule has 0 saturated heterocycles. The summed E-state index contributed by atoms with van der Waals surface area (Å²) >= 11 is 1.31. The summed E-state index contributed by atoms with van der Waals surface area (Å²) in [6, 6.07) is 8.99. The molecule has 0 aliphatic heterocycles. The van der Waals surface area contributed by atoms with Crippen molar-refractivity contribution in [1.29, 1.82) is 0 Å². The summed E-state index contributed by atoms with van der Waals surface area (Å²) in [4.78, 5) is 38.6. The summed E-state index contributed by atoms with van der Waals surface area (Å²) in [6.07, 6.45) is 2.14. The van der Waals surface area contributed by atoms with Gasteiger partial charge >= 0.3 is 11.9 Å². The van der Waals surface area contributed by atoms with Gasteiger partial charge in [0.2, 0.25) is 0 Å². The molecule has 3 rings (SSSR count). The summed E-state index contributed by atoms with van der Waals surface area (Å²) in [5, 5.41) is 3.16. The van der Waals surface area contributed by atoms with Gasteiger partial charge < -0.3 is 19.5 Å². The quantitative estimate of drug-likeness (QED) is 0.637. The first-order valence-electron chi connectivity index (χ1n) is 10.0. The third kappa shape index (κ3) is 4.99. The van der Waals surface area contributed by atoms with E-state index in [0.717, 1.165) is 17.7 Å². The van der Waals surface area contributed by atoms with E-state index >= 15 is 0 Å². The van der Waals surface area contributed by atoms with Crippen molar-refractivity contribution in [3.8, 4) is 5.75 Å². The van der Waals surface area contributed by atoms with Crippen molar-refractivity contribution in [2.45, 2.75) is 39.0 Å². The van der Waals surface area contributed by atoms with Crippen molar-refractivity contribution < 1.29 is 28.6 Å². The lowest BCUT2D eigenvalue weighted by atomic mass is 9.85. The smallest absolute Gasteiger partial charge is 0.341 e. The van der Waals surface area contributed by atoms with E-state index in [4.69, 9.17) is 14.2 Å². The Kier molecular flexibility index (Phi) is 7.46. The first kappa shape index (κ1) is 21.8. The minimum Gasteiger partial charge on any atom is -0.484 e. The van der Waals surface area contributed by atoms with Crippen LogP contribution in [0.4, 0.5) is 5.00 Å². The Hall–Kier alpha value is -2.87. The normalized spacial score (nSPS) is 15.1. The molecule has 1 heterocycles. The molecule has 1 unspecified atom stereocenters. The Morgan fingerprint density at radius 1 is 1.10 bits per heavy atom. The van der Waals surface area contributed by atoms with Crippen molar-refractivity contribution in [2.75, 3.05) is 25.1 Å². The van der Waals surface area contributed by atoms with Gasteiger partial charge in [-0.25, -0.2) is 4.79 Å². The number of fused-ring (bicyclic) bond motifs is 1. The van der Waals surface area contributed by atoms with Crippen molar-refractivity contribution >= 4 is 34.2 Å². The molecule has 1 aromatic heterocycles. The van der Waals surface area contributed by atoms with Gasteiger partial charge in [-0.1, -0.05) is 18.2 Å². The molecule has 1 aliphatic carbocycles. The van der Waals surface area contributed by atoms with Crippen LogP contribution in [-0.2, 0) is 25.5 Å². The SMILES string of the molecule is CCOC(=O)c1c(NC(=O)COc2ccccc2)sc2c1C(C(=O)OCC)CCC2. The largest absolute Gasteiger partial charge is 0.484 e. The van der Waals surface area contributed by atoms with Crippen LogP contribution in [0.25, 0.3) is 0 Å². The summed E-state index contributed by atoms with van der Waals surface area (Å²) < 4.78 is 15.9. The average Bonchev–Trinajstić information content (AvgIpc) is 3.11. The number of carbonyl (C=O) groups is 3. The highest BCUT2D eigenvalue weighted by Crippen LogP contribution is 2.44. The second kappa shape index (κ2) is 10.2. The van der Waals surface area contributed by atoms with Crippen LogP contribution >= 0.6 is 11.3 Å². The van der Waals surface area contributed by atoms with E-state index in [9.17, 15) is 14.4 Å². The number of thiophene rings is 1. The Morgan fingerprint density at radius 3 is 2.53 bits per heavy atom. The van der Waals surface area contributed by atoms with Crippen LogP contribution in [0.5, 0.6) is 5.75 Å². The average molecular weight is 432 g/mol. The van der Waals surface area contributed by atoms with E-state index in [0.29, 0.717) is 22.7 Å². The van der Waals surface area contributed by atoms with Crippen LogP contribution in [0.1, 0.15) is 53.4 Å². The number of para-hydroxylation sites is 1. The number of ether oxygens (including phenoxy) is 3. The maximum Gasteiger partial charge on any atom is 0.341 e. The third-order valence-electron chi connectivity index (χ3n) is 4.68. The number of carbonyl (C=O) groups excluding carboxylic acids is 3. The topological polar surface area (TPSA) is 90.9 Å². The number of nitrogens with one attached hydrogen (secondary N) is 1. The van der Waals surface area contributed by atoms with Crippen molar-refractivity contribution in [2.24, 2.45) is 0 Å². The third-order valence-corrected chi connectivity index (χ3v) is 5.86. The molecular formula is C22H25NO6S. The molecule has 8 heteroatoms. The highest BCUT2D eigenvalue weighted by Gasteiger charge is 2.36. The monoisotopic (exact) mass is 431 g/mol. The Balaban J connectivity index is 1.85. The van der Waals surface area contributed by atoms with Gasteiger partial charge in [0.1, 0.15) is 10.8 Å². The highest BCUT2D eigenvalue weighted by atomic mass is 32.1. The minimum atomic E-state index is -0.550. The summed E-state index contributed by atoms with van der Waals surface area (Å²) in [7, 11) is 0. The number of hydrogen-bond acceptors (Lipinski definition) is 7. The van der Waals surface area contributed by atoms with E-state index < -0.39 is 17.8 Å². The molecule has 1 N–H and O–H groups in total. The second-order valence-electron chi connectivity index (χ2n) is 6.71. The molecule has 160 valence electrons. The lowest BCUT2D eigenvalue weighted by molar-refractivity contribution is -0.145. The molecule has 30 heavy (non-hydrogen) atoms. The van der Waals surface area contributed by atoms with Crippen LogP contribution in [0, 0.1) is 0 Å². The predicted molar refractivity (Wildman–Crippen MR) is 113 cm³/mol. The molecule has 7 nitrogen and oxygen atoms in total. The van der Waals surface area contributed by atoms with Crippen molar-refractivity contribution in [3.05, 3.63) is 46.3 Å². The highest BCUT2D eigenvalue weighted by molar-refractivity contribution is 7.17. The molecule has 0 spiro atoms. The molecular weight excluding hydrogens is 406 g/mol. The molecule has 1 aliphatic rings. The Morgan fingerprint density at radius 2 is 1.83 bits per heavy atom. The molecule has 0 radical (unpaired) electrons. The standard InChI is InChI=1S/C22H25NO6S/c1-3-27-21(25)15-11-8-12-16-18(15)19(22(26)28-4-2)20(30-16)23-17(24)13-29-14-9-6-5-7-10-14/h5-7,9-10,15H,3-4,8,11-13H2,1-2H3,(H,23,24). The van der Waals surface area contributed by atoms with Crippen LogP contribution < -0.4 is 10.1 Å². The molecule has 0 bridgehead atoms. The fraction of sp³-hybridized carbons (Fsp3) is 0.409. The lowest BCUT2D eigenvalue weighted by Gasteiger charge is -2.22. The first-order valence-corrected chi connectivity index (χ1v) is 10.8. The number of rotatable bonds is 8. The number of amides is 1. The van der Waals surface area contributed by atoms with Gasteiger partial charge in [0, 0.05) is 4.88 Å². The molecule has 1 aromatic carbocycles.